The molecule has 0 bridgehead atoms. The molecule has 1 heterocycles. The zero-order chi connectivity index (χ0) is 25.5. The monoisotopic (exact) mass is 489 g/mol. The second-order valence-electron chi connectivity index (χ2n) is 8.46. The lowest BCUT2D eigenvalue weighted by Gasteiger charge is -2.43. The molecule has 0 radical (unpaired) electrons. The highest BCUT2D eigenvalue weighted by molar-refractivity contribution is 5.87. The van der Waals surface area contributed by atoms with Crippen molar-refractivity contribution >= 4 is 23.5 Å². The van der Waals surface area contributed by atoms with Crippen LogP contribution < -0.4 is 10.4 Å². The molecule has 1 aliphatic carbocycles. The third-order valence-corrected chi connectivity index (χ3v) is 6.38. The number of alkyl halides is 3. The van der Waals surface area contributed by atoms with Crippen molar-refractivity contribution in [1.29, 1.82) is 0 Å². The number of hydrogen-bond donors (Lipinski definition) is 4. The van der Waals surface area contributed by atoms with E-state index in [9.17, 15) is 27.9 Å². The van der Waals surface area contributed by atoms with Gasteiger partial charge < -0.3 is 20.0 Å². The van der Waals surface area contributed by atoms with Crippen LogP contribution in [0.3, 0.4) is 0 Å². The summed E-state index contributed by atoms with van der Waals surface area (Å²) in [5.41, 5.74) is 1.89. The van der Waals surface area contributed by atoms with Crippen LogP contribution >= 0.6 is 0 Å². The Morgan fingerprint density at radius 1 is 1.09 bits per heavy atom. The summed E-state index contributed by atoms with van der Waals surface area (Å²) in [6, 6.07) is 10.1. The van der Waals surface area contributed by atoms with Gasteiger partial charge in [0.2, 0.25) is 11.8 Å². The van der Waals surface area contributed by atoms with E-state index in [0.29, 0.717) is 32.4 Å². The van der Waals surface area contributed by atoms with Crippen LogP contribution in [0.15, 0.2) is 30.3 Å². The average molecular weight is 489 g/mol. The van der Waals surface area contributed by atoms with Gasteiger partial charge in [0.05, 0.1) is 17.4 Å². The van der Waals surface area contributed by atoms with Gasteiger partial charge in [-0.05, 0) is 37.8 Å². The molecule has 9 nitrogen and oxygen atoms in total. The second kappa shape index (κ2) is 11.5. The van der Waals surface area contributed by atoms with E-state index in [1.807, 2.05) is 30.0 Å². The number of anilines is 1. The number of carboxylic acid groups (broad SMARTS) is 1. The summed E-state index contributed by atoms with van der Waals surface area (Å²) in [5, 5.41) is 26.8. The number of carbonyl (C=O) groups is 3. The maximum Gasteiger partial charge on any atom is 0.490 e. The maximum absolute atomic E-state index is 13.1. The highest BCUT2D eigenvalue weighted by Gasteiger charge is 2.46. The molecule has 1 aromatic rings. The molecule has 1 saturated carbocycles. The maximum atomic E-state index is 13.1. The normalized spacial score (nSPS) is 25.1. The summed E-state index contributed by atoms with van der Waals surface area (Å²) < 4.78 is 31.7. The van der Waals surface area contributed by atoms with Gasteiger partial charge in [0.15, 0.2) is 0 Å². The van der Waals surface area contributed by atoms with Crippen molar-refractivity contribution < 1.29 is 43.0 Å². The van der Waals surface area contributed by atoms with Crippen molar-refractivity contribution in [2.75, 3.05) is 31.1 Å². The summed E-state index contributed by atoms with van der Waals surface area (Å²) in [5.74, 6) is -4.58. The molecule has 190 valence electrons. The largest absolute Gasteiger partial charge is 0.490 e. The number of hydroxylamine groups is 1. The number of halogens is 3. The lowest BCUT2D eigenvalue weighted by atomic mass is 9.69. The summed E-state index contributed by atoms with van der Waals surface area (Å²) in [4.78, 5) is 38.2. The zero-order valence-corrected chi connectivity index (χ0v) is 18.8. The Bertz CT molecular complexity index is 846. The van der Waals surface area contributed by atoms with Crippen molar-refractivity contribution in [2.24, 2.45) is 11.8 Å². The Morgan fingerprint density at radius 2 is 1.65 bits per heavy atom. The molecule has 1 aliphatic heterocycles. The summed E-state index contributed by atoms with van der Waals surface area (Å²) in [6.07, 6.45) is -3.39. The molecular formula is C22H30F3N3O6. The first-order valence-corrected chi connectivity index (χ1v) is 11.0. The van der Waals surface area contributed by atoms with Gasteiger partial charge in [-0.2, -0.15) is 13.2 Å². The first-order valence-electron chi connectivity index (χ1n) is 11.0. The van der Waals surface area contributed by atoms with Crippen LogP contribution in [0, 0.1) is 11.8 Å². The van der Waals surface area contributed by atoms with Crippen LogP contribution in [-0.4, -0.2) is 76.1 Å². The van der Waals surface area contributed by atoms with E-state index >= 15 is 0 Å². The van der Waals surface area contributed by atoms with E-state index in [4.69, 9.17) is 15.1 Å². The van der Waals surface area contributed by atoms with Crippen LogP contribution in [-0.2, 0) is 14.4 Å². The minimum absolute atomic E-state index is 0.0468. The highest BCUT2D eigenvalue weighted by Crippen LogP contribution is 2.39. The van der Waals surface area contributed by atoms with E-state index in [0.717, 1.165) is 18.8 Å². The average Bonchev–Trinajstić information content (AvgIpc) is 2.83. The number of carbonyl (C=O) groups excluding carboxylic acids is 2. The van der Waals surface area contributed by atoms with Crippen LogP contribution in [0.4, 0.5) is 18.9 Å². The molecule has 2 aliphatic rings. The molecule has 1 saturated heterocycles. The van der Waals surface area contributed by atoms with E-state index in [1.54, 1.807) is 5.48 Å². The summed E-state index contributed by atoms with van der Waals surface area (Å²) >= 11 is 0. The van der Waals surface area contributed by atoms with Crippen molar-refractivity contribution in [1.82, 2.24) is 10.4 Å². The Kier molecular flexibility index (Phi) is 9.28. The SMILES string of the molecule is CC[C@@]1(O)CC[C@H](C(=O)N2CCN(c3ccccc3)CC2)[C@@H](C(=O)NO)C1.O=C(O)C(F)(F)F. The Balaban J connectivity index is 0.000000509. The van der Waals surface area contributed by atoms with Gasteiger partial charge in [-0.3, -0.25) is 14.8 Å². The Morgan fingerprint density at radius 3 is 2.12 bits per heavy atom. The molecule has 0 unspecified atom stereocenters. The number of aliphatic hydroxyl groups is 1. The number of piperazine rings is 1. The summed E-state index contributed by atoms with van der Waals surface area (Å²) in [7, 11) is 0. The van der Waals surface area contributed by atoms with E-state index in [1.165, 1.54) is 0 Å². The molecule has 1 aromatic carbocycles. The van der Waals surface area contributed by atoms with E-state index in [-0.39, 0.29) is 12.3 Å². The number of rotatable bonds is 4. The third-order valence-electron chi connectivity index (χ3n) is 6.38. The fourth-order valence-electron chi connectivity index (χ4n) is 4.31. The van der Waals surface area contributed by atoms with Gasteiger partial charge in [0.1, 0.15) is 0 Å². The third kappa shape index (κ3) is 7.07. The Hall–Kier alpha value is -2.86. The highest BCUT2D eigenvalue weighted by atomic mass is 19.4. The number of nitrogens with one attached hydrogen (secondary N) is 1. The molecule has 34 heavy (non-hydrogen) atoms. The fourth-order valence-corrected chi connectivity index (χ4v) is 4.31. The molecule has 0 spiro atoms. The van der Waals surface area contributed by atoms with Gasteiger partial charge >= 0.3 is 12.1 Å². The van der Waals surface area contributed by atoms with Crippen molar-refractivity contribution in [3.8, 4) is 0 Å². The predicted octanol–water partition coefficient (Wildman–Crippen LogP) is 2.03. The topological polar surface area (TPSA) is 130 Å². The van der Waals surface area contributed by atoms with E-state index < -0.39 is 35.5 Å². The molecule has 3 rings (SSSR count). The molecule has 2 amide bonds. The Labute approximate surface area is 195 Å². The lowest BCUT2D eigenvalue weighted by Crippen LogP contribution is -2.54. The number of amides is 2. The standard InChI is InChI=1S/C20H29N3O4.C2HF3O2/c1-2-20(26)9-8-16(17(14-20)18(24)21-27)19(25)23-12-10-22(11-13-23)15-6-4-3-5-7-15;3-2(4,5)1(6)7/h3-7,16-17,26-27H,2,8-14H2,1H3,(H,21,24);(H,6,7)/t16-,17-,20+;/m0./s1. The number of benzene rings is 1. The van der Waals surface area contributed by atoms with Crippen LogP contribution in [0.5, 0.6) is 0 Å². The van der Waals surface area contributed by atoms with Crippen LogP contribution in [0.1, 0.15) is 32.6 Å². The quantitative estimate of drug-likeness (QED) is 0.376. The number of para-hydroxylation sites is 1. The van der Waals surface area contributed by atoms with Crippen LogP contribution in [0.2, 0.25) is 0 Å². The van der Waals surface area contributed by atoms with Crippen molar-refractivity contribution in [3.05, 3.63) is 30.3 Å². The second-order valence-corrected chi connectivity index (χ2v) is 8.46. The van der Waals surface area contributed by atoms with Crippen molar-refractivity contribution in [3.63, 3.8) is 0 Å². The molecule has 4 N–H and O–H groups in total. The van der Waals surface area contributed by atoms with Crippen molar-refractivity contribution in [2.45, 2.75) is 44.4 Å². The minimum atomic E-state index is -5.08. The predicted molar refractivity (Wildman–Crippen MR) is 115 cm³/mol. The number of nitrogens with zero attached hydrogens (tertiary/aromatic N) is 2. The number of carboxylic acids is 1. The first-order chi connectivity index (χ1) is 15.9. The molecule has 0 aromatic heterocycles. The lowest BCUT2D eigenvalue weighted by molar-refractivity contribution is -0.192. The smallest absolute Gasteiger partial charge is 0.475 e. The van der Waals surface area contributed by atoms with Crippen LogP contribution in [0.25, 0.3) is 0 Å². The van der Waals surface area contributed by atoms with Gasteiger partial charge in [-0.25, -0.2) is 10.3 Å². The van der Waals surface area contributed by atoms with Gasteiger partial charge in [-0.15, -0.1) is 0 Å². The minimum Gasteiger partial charge on any atom is -0.475 e. The summed E-state index contributed by atoms with van der Waals surface area (Å²) in [6.45, 7) is 4.58. The van der Waals surface area contributed by atoms with Gasteiger partial charge in [0.25, 0.3) is 0 Å². The fraction of sp³-hybridized carbons (Fsp3) is 0.591. The van der Waals surface area contributed by atoms with E-state index in [2.05, 4.69) is 17.0 Å². The zero-order valence-electron chi connectivity index (χ0n) is 18.8. The molecule has 2 fully saturated rings. The van der Waals surface area contributed by atoms with Gasteiger partial charge in [0, 0.05) is 31.9 Å². The number of aliphatic carboxylic acids is 1. The molecule has 12 heteroatoms. The molecule has 3 atom stereocenters. The van der Waals surface area contributed by atoms with Gasteiger partial charge in [-0.1, -0.05) is 25.1 Å². The number of hydrogen-bond acceptors (Lipinski definition) is 6. The molecular weight excluding hydrogens is 459 g/mol. The first kappa shape index (κ1) is 27.4.